The van der Waals surface area contributed by atoms with E-state index in [2.05, 4.69) is 29.9 Å². The molecular weight excluding hydrogens is 635 g/mol. The molecule has 8 N–H and O–H groups in total. The van der Waals surface area contributed by atoms with Crippen LogP contribution in [0.15, 0.2) is 23.8 Å². The smallest absolute Gasteiger partial charge is 0.394 e. The van der Waals surface area contributed by atoms with Crippen LogP contribution >= 0.6 is 7.82 Å². The van der Waals surface area contributed by atoms with Gasteiger partial charge >= 0.3 is 7.82 Å². The van der Waals surface area contributed by atoms with Gasteiger partial charge in [-0.1, -0.05) is 0 Å². The van der Waals surface area contributed by atoms with Crippen molar-refractivity contribution in [2.75, 3.05) is 31.8 Å². The zero-order chi connectivity index (χ0) is 32.9. The van der Waals surface area contributed by atoms with Crippen LogP contribution < -0.4 is 17.0 Å². The van der Waals surface area contributed by atoms with Crippen molar-refractivity contribution in [3.05, 3.63) is 29.3 Å². The fourth-order valence-electron chi connectivity index (χ4n) is 5.56. The molecule has 2 aliphatic rings. The molecule has 4 aromatic rings. The highest BCUT2D eigenvalue weighted by Crippen LogP contribution is 2.50. The van der Waals surface area contributed by atoms with Crippen LogP contribution in [-0.4, -0.2) is 117 Å². The number of fused-ring (bicyclic) bond motifs is 2. The molecular formula is C24H33N10O11P. The van der Waals surface area contributed by atoms with Gasteiger partial charge in [0, 0.05) is 7.11 Å². The van der Waals surface area contributed by atoms with Crippen LogP contribution in [0.4, 0.5) is 11.8 Å². The van der Waals surface area contributed by atoms with Crippen molar-refractivity contribution in [3.63, 3.8) is 0 Å². The number of rotatable bonds is 11. The fourth-order valence-corrected chi connectivity index (χ4v) is 6.52. The Balaban J connectivity index is 1.20. The quantitative estimate of drug-likeness (QED) is 0.1000. The molecule has 9 atom stereocenters. The number of phosphoric acid groups is 1. The lowest BCUT2D eigenvalue weighted by atomic mass is 10.1. The van der Waals surface area contributed by atoms with Gasteiger partial charge in [0.2, 0.25) is 5.95 Å². The number of phosphoric ester groups is 1. The summed E-state index contributed by atoms with van der Waals surface area (Å²) in [6.07, 6.45) is -5.68. The molecule has 3 unspecified atom stereocenters. The van der Waals surface area contributed by atoms with Gasteiger partial charge in [-0.3, -0.25) is 28.0 Å². The highest BCUT2D eigenvalue weighted by molar-refractivity contribution is 7.47. The first-order valence-corrected chi connectivity index (χ1v) is 15.5. The van der Waals surface area contributed by atoms with Crippen LogP contribution in [0.1, 0.15) is 26.3 Å². The summed E-state index contributed by atoms with van der Waals surface area (Å²) in [7, 11) is -3.59. The number of ether oxygens (including phenoxy) is 4. The number of aromatic amines is 1. The molecule has 0 spiro atoms. The molecule has 250 valence electrons. The van der Waals surface area contributed by atoms with E-state index in [1.807, 2.05) is 0 Å². The van der Waals surface area contributed by atoms with Gasteiger partial charge in [-0.15, -0.1) is 0 Å². The number of hydrogen-bond donors (Lipinski definition) is 6. The number of nitrogen functional groups attached to an aromatic ring is 2. The first-order valence-electron chi connectivity index (χ1n) is 14.0. The second-order valence-electron chi connectivity index (χ2n) is 10.8. The number of aliphatic hydroxyl groups excluding tert-OH is 2. The summed E-state index contributed by atoms with van der Waals surface area (Å²) in [5.41, 5.74) is 11.6. The molecule has 6 rings (SSSR count). The first kappa shape index (κ1) is 32.3. The maximum absolute atomic E-state index is 13.3. The number of nitrogens with one attached hydrogen (secondary N) is 1. The average molecular weight is 669 g/mol. The van der Waals surface area contributed by atoms with Gasteiger partial charge in [-0.05, 0) is 13.8 Å². The lowest BCUT2D eigenvalue weighted by Crippen LogP contribution is -2.39. The summed E-state index contributed by atoms with van der Waals surface area (Å²) in [6, 6.07) is 0. The number of anilines is 2. The summed E-state index contributed by atoms with van der Waals surface area (Å²) in [5.74, 6) is -0.0423. The van der Waals surface area contributed by atoms with Crippen LogP contribution in [-0.2, 0) is 32.6 Å². The Labute approximate surface area is 259 Å². The van der Waals surface area contributed by atoms with Crippen molar-refractivity contribution < 1.29 is 47.7 Å². The van der Waals surface area contributed by atoms with Crippen LogP contribution in [0.2, 0.25) is 0 Å². The monoisotopic (exact) mass is 668 g/mol. The number of nitrogens with zero attached hydrogens (tertiary/aromatic N) is 7. The third-order valence-corrected chi connectivity index (χ3v) is 8.50. The fraction of sp³-hybridized carbons (Fsp3) is 0.583. The standard InChI is InChI=1S/C24H33N10O11P/c1-9(2)42-15-11(44-22(14(15)36)34-8-30-13-20(34)31-24(26)32-21(13)37)5-41-46(38,39)45-16-10(4-35)43-23(17(16)40-3)33-7-29-12-18(25)27-6-28-19(12)33/h6-11,14-17,22-23,35-36H,4-5H2,1-3H3,(H,38,39)(H2,25,27,28)(H3,26,31,32,37)/t10-,11-,14?,15+,16+,17?,22-,23-/m1/s1. The Morgan fingerprint density at radius 1 is 1.02 bits per heavy atom. The van der Waals surface area contributed by atoms with Crippen LogP contribution in [0, 0.1) is 0 Å². The Morgan fingerprint density at radius 2 is 1.72 bits per heavy atom. The number of imidazole rings is 2. The van der Waals surface area contributed by atoms with Gasteiger partial charge in [-0.2, -0.15) is 4.98 Å². The van der Waals surface area contributed by atoms with E-state index in [4.69, 9.17) is 39.5 Å². The van der Waals surface area contributed by atoms with E-state index in [0.29, 0.717) is 11.2 Å². The van der Waals surface area contributed by atoms with Gasteiger partial charge in [-0.25, -0.2) is 24.5 Å². The minimum absolute atomic E-state index is 0.0397. The molecule has 0 saturated carbocycles. The summed E-state index contributed by atoms with van der Waals surface area (Å²) in [6.45, 7) is 2.27. The summed E-state index contributed by atoms with van der Waals surface area (Å²) < 4.78 is 50.3. The number of aliphatic hydroxyl groups is 2. The molecule has 0 aromatic carbocycles. The van der Waals surface area contributed by atoms with Gasteiger partial charge in [0.15, 0.2) is 35.1 Å². The molecule has 2 aliphatic heterocycles. The van der Waals surface area contributed by atoms with Crippen LogP contribution in [0.3, 0.4) is 0 Å². The second kappa shape index (κ2) is 12.5. The highest BCUT2D eigenvalue weighted by Gasteiger charge is 2.51. The van der Waals surface area contributed by atoms with E-state index < -0.39 is 81.8 Å². The minimum atomic E-state index is -4.92. The SMILES string of the molecule is COC1[C@@H](OP(=O)(O)OC[C@H]2O[C@@H](n3cnc4c(=O)[nH]c(N)nc43)C(O)[C@H]2OC(C)C)[C@@H](CO)O[C@H]1n1cnc2c(N)ncnc21. The van der Waals surface area contributed by atoms with E-state index in [1.165, 1.54) is 35.2 Å². The van der Waals surface area contributed by atoms with Crippen molar-refractivity contribution >= 4 is 41.9 Å². The van der Waals surface area contributed by atoms with E-state index in [9.17, 15) is 24.5 Å². The summed E-state index contributed by atoms with van der Waals surface area (Å²) in [4.78, 5) is 45.8. The Bertz CT molecular complexity index is 1820. The Kier molecular flexibility index (Phi) is 8.80. The zero-order valence-corrected chi connectivity index (χ0v) is 25.6. The third-order valence-electron chi connectivity index (χ3n) is 7.52. The highest BCUT2D eigenvalue weighted by atomic mass is 31.2. The second-order valence-corrected chi connectivity index (χ2v) is 12.3. The molecule has 46 heavy (non-hydrogen) atoms. The first-order chi connectivity index (χ1) is 21.9. The van der Waals surface area contributed by atoms with Crippen LogP contribution in [0.25, 0.3) is 22.3 Å². The Hall–Kier alpha value is -3.63. The molecule has 4 aromatic heterocycles. The maximum atomic E-state index is 13.3. The van der Waals surface area contributed by atoms with Crippen molar-refractivity contribution in [1.29, 1.82) is 0 Å². The number of H-pyrrole nitrogens is 1. The molecule has 2 saturated heterocycles. The van der Waals surface area contributed by atoms with Gasteiger partial charge in [0.05, 0.1) is 32.0 Å². The van der Waals surface area contributed by atoms with E-state index in [1.54, 1.807) is 13.8 Å². The van der Waals surface area contributed by atoms with E-state index in [-0.39, 0.29) is 22.9 Å². The largest absolute Gasteiger partial charge is 0.472 e. The predicted molar refractivity (Wildman–Crippen MR) is 155 cm³/mol. The number of nitrogens with two attached hydrogens (primary N) is 2. The molecule has 0 amide bonds. The molecule has 0 bridgehead atoms. The summed E-state index contributed by atoms with van der Waals surface area (Å²) in [5, 5.41) is 21.2. The van der Waals surface area contributed by atoms with Crippen molar-refractivity contribution in [1.82, 2.24) is 39.0 Å². The lowest BCUT2D eigenvalue weighted by Gasteiger charge is -2.26. The molecule has 6 heterocycles. The topological polar surface area (TPSA) is 292 Å². The average Bonchev–Trinajstić information content (AvgIpc) is 3.76. The van der Waals surface area contributed by atoms with Crippen molar-refractivity contribution in [2.45, 2.75) is 69.0 Å². The molecule has 21 nitrogen and oxygen atoms in total. The minimum Gasteiger partial charge on any atom is -0.394 e. The van der Waals surface area contributed by atoms with Crippen molar-refractivity contribution in [2.24, 2.45) is 0 Å². The predicted octanol–water partition coefficient (Wildman–Crippen LogP) is -1.42. The number of methoxy groups -OCH3 is 1. The molecule has 0 radical (unpaired) electrons. The van der Waals surface area contributed by atoms with Crippen molar-refractivity contribution in [3.8, 4) is 0 Å². The zero-order valence-electron chi connectivity index (χ0n) is 24.7. The molecule has 0 aliphatic carbocycles. The van der Waals surface area contributed by atoms with Crippen LogP contribution in [0.5, 0.6) is 0 Å². The Morgan fingerprint density at radius 3 is 2.41 bits per heavy atom. The third kappa shape index (κ3) is 5.86. The number of aromatic nitrogens is 8. The summed E-state index contributed by atoms with van der Waals surface area (Å²) >= 11 is 0. The van der Waals surface area contributed by atoms with E-state index in [0.717, 1.165) is 0 Å². The van der Waals surface area contributed by atoms with Gasteiger partial charge in [0.1, 0.15) is 48.5 Å². The van der Waals surface area contributed by atoms with E-state index >= 15 is 0 Å². The normalized spacial score (nSPS) is 29.7. The van der Waals surface area contributed by atoms with Gasteiger partial charge in [0.25, 0.3) is 5.56 Å². The lowest BCUT2D eigenvalue weighted by molar-refractivity contribution is -0.0815. The molecule has 2 fully saturated rings. The molecule has 22 heteroatoms. The maximum Gasteiger partial charge on any atom is 0.472 e. The number of hydrogen-bond acceptors (Lipinski definition) is 17. The van der Waals surface area contributed by atoms with Gasteiger partial charge < -0.3 is 45.5 Å².